The third kappa shape index (κ3) is 3.13. The van der Waals surface area contributed by atoms with Crippen LogP contribution in [0.4, 0.5) is 0 Å². The SMILES string of the molecule is COc1cc(OC)c2c(c1Cl)OC1(C(=O)C=C(N3CC4(C)CC3CC(C)(C)C4)CC1C)C2=O. The molecule has 4 atom stereocenters. The van der Waals surface area contributed by atoms with E-state index in [9.17, 15) is 9.59 Å². The zero-order chi connectivity index (χ0) is 23.9. The van der Waals surface area contributed by atoms with Crippen LogP contribution in [-0.2, 0) is 4.79 Å². The summed E-state index contributed by atoms with van der Waals surface area (Å²) in [6.45, 7) is 9.91. The van der Waals surface area contributed by atoms with Crippen molar-refractivity contribution in [3.63, 3.8) is 0 Å². The Hall–Kier alpha value is -2.21. The summed E-state index contributed by atoms with van der Waals surface area (Å²) in [5.74, 6) is -0.254. The van der Waals surface area contributed by atoms with Crippen molar-refractivity contribution in [1.82, 2.24) is 4.90 Å². The Balaban J connectivity index is 1.52. The highest BCUT2D eigenvalue weighted by Crippen LogP contribution is 2.56. The van der Waals surface area contributed by atoms with E-state index in [1.54, 1.807) is 12.1 Å². The van der Waals surface area contributed by atoms with Crippen molar-refractivity contribution < 1.29 is 23.8 Å². The lowest BCUT2D eigenvalue weighted by Crippen LogP contribution is -2.55. The molecule has 1 aromatic rings. The summed E-state index contributed by atoms with van der Waals surface area (Å²) >= 11 is 6.49. The normalized spacial score (nSPS) is 34.3. The summed E-state index contributed by atoms with van der Waals surface area (Å²) in [7, 11) is 2.95. The average molecular weight is 474 g/mol. The number of hydrogen-bond donors (Lipinski definition) is 0. The fraction of sp³-hybridized carbons (Fsp3) is 0.615. The molecule has 4 unspecified atom stereocenters. The number of likely N-dealkylation sites (tertiary alicyclic amines) is 1. The van der Waals surface area contributed by atoms with Gasteiger partial charge in [0.05, 0.1) is 14.2 Å². The smallest absolute Gasteiger partial charge is 0.236 e. The van der Waals surface area contributed by atoms with Gasteiger partial charge in [-0.15, -0.1) is 0 Å². The predicted octanol–water partition coefficient (Wildman–Crippen LogP) is 5.06. The van der Waals surface area contributed by atoms with Crippen LogP contribution in [-0.4, -0.2) is 48.9 Å². The standard InChI is InChI=1S/C26H32ClNO5/c1-14-7-15(28-13-25(4)11-16(28)10-24(2,3)12-25)8-19(29)26(14)23(30)20-17(31-5)9-18(32-6)21(27)22(20)33-26/h8-9,14,16H,7,10-13H2,1-6H3. The van der Waals surface area contributed by atoms with E-state index in [2.05, 4.69) is 25.7 Å². The van der Waals surface area contributed by atoms with Crippen molar-refractivity contribution in [2.24, 2.45) is 16.7 Å². The van der Waals surface area contributed by atoms with Gasteiger partial charge in [-0.25, -0.2) is 0 Å². The van der Waals surface area contributed by atoms with Crippen LogP contribution in [0.3, 0.4) is 0 Å². The summed E-state index contributed by atoms with van der Waals surface area (Å²) in [5.41, 5.74) is 0.158. The topological polar surface area (TPSA) is 65.1 Å². The fourth-order valence-electron chi connectivity index (χ4n) is 7.10. The van der Waals surface area contributed by atoms with Crippen molar-refractivity contribution in [3.8, 4) is 17.2 Å². The first-order chi connectivity index (χ1) is 15.4. The maximum absolute atomic E-state index is 13.7. The second kappa shape index (κ2) is 7.14. The van der Waals surface area contributed by atoms with Gasteiger partial charge in [0.1, 0.15) is 22.1 Å². The lowest BCUT2D eigenvalue weighted by molar-refractivity contribution is -0.129. The number of halogens is 1. The molecule has 0 aromatic heterocycles. The Labute approximate surface area is 200 Å². The second-order valence-corrected chi connectivity index (χ2v) is 11.8. The monoisotopic (exact) mass is 473 g/mol. The van der Waals surface area contributed by atoms with Crippen LogP contribution in [0.5, 0.6) is 17.2 Å². The first-order valence-corrected chi connectivity index (χ1v) is 12.0. The van der Waals surface area contributed by atoms with E-state index in [4.69, 9.17) is 25.8 Å². The average Bonchev–Trinajstić information content (AvgIpc) is 3.18. The van der Waals surface area contributed by atoms with E-state index >= 15 is 0 Å². The van der Waals surface area contributed by atoms with Crippen LogP contribution in [0, 0.1) is 16.7 Å². The number of hydrogen-bond acceptors (Lipinski definition) is 6. The molecule has 33 heavy (non-hydrogen) atoms. The highest BCUT2D eigenvalue weighted by molar-refractivity contribution is 6.36. The van der Waals surface area contributed by atoms with E-state index in [1.165, 1.54) is 20.6 Å². The Morgan fingerprint density at radius 3 is 2.45 bits per heavy atom. The van der Waals surface area contributed by atoms with Crippen LogP contribution in [0.25, 0.3) is 0 Å². The van der Waals surface area contributed by atoms with Crippen molar-refractivity contribution in [3.05, 3.63) is 28.4 Å². The number of rotatable bonds is 3. The number of carbonyl (C=O) groups excluding carboxylic acids is 2. The Morgan fingerprint density at radius 1 is 1.12 bits per heavy atom. The van der Waals surface area contributed by atoms with Gasteiger partial charge in [-0.2, -0.15) is 0 Å². The zero-order valence-electron chi connectivity index (χ0n) is 20.2. The molecule has 0 N–H and O–H groups in total. The van der Waals surface area contributed by atoms with Gasteiger partial charge in [0, 0.05) is 36.3 Å². The number of carbonyl (C=O) groups is 2. The first-order valence-electron chi connectivity index (χ1n) is 11.6. The molecule has 0 amide bonds. The molecule has 6 nitrogen and oxygen atoms in total. The third-order valence-electron chi connectivity index (χ3n) is 8.08. The lowest BCUT2D eigenvalue weighted by Gasteiger charge is -2.41. The molecule has 1 aromatic carbocycles. The molecule has 4 aliphatic rings. The van der Waals surface area contributed by atoms with Crippen LogP contribution in [0.2, 0.25) is 5.02 Å². The molecule has 2 bridgehead atoms. The molecule has 2 fully saturated rings. The number of Topliss-reactive ketones (excluding diaryl/α,β-unsaturated/α-hetero) is 1. The van der Waals surface area contributed by atoms with Gasteiger partial charge in [-0.1, -0.05) is 39.3 Å². The molecular weight excluding hydrogens is 442 g/mol. The largest absolute Gasteiger partial charge is 0.496 e. The molecule has 1 spiro atoms. The summed E-state index contributed by atoms with van der Waals surface area (Å²) in [6.07, 6.45) is 5.69. The highest BCUT2D eigenvalue weighted by Gasteiger charge is 2.61. The van der Waals surface area contributed by atoms with Crippen LogP contribution >= 0.6 is 11.6 Å². The quantitative estimate of drug-likeness (QED) is 0.571. The molecule has 178 valence electrons. The van der Waals surface area contributed by atoms with E-state index < -0.39 is 5.60 Å². The summed E-state index contributed by atoms with van der Waals surface area (Å²) in [5, 5.41) is 0.178. The van der Waals surface area contributed by atoms with Gasteiger partial charge in [-0.05, 0) is 36.5 Å². The van der Waals surface area contributed by atoms with Gasteiger partial charge in [0.15, 0.2) is 5.75 Å². The van der Waals surface area contributed by atoms with E-state index in [-0.39, 0.29) is 44.6 Å². The predicted molar refractivity (Wildman–Crippen MR) is 125 cm³/mol. The summed E-state index contributed by atoms with van der Waals surface area (Å²) in [4.78, 5) is 29.8. The number of fused-ring (bicyclic) bond motifs is 3. The molecular formula is C26H32ClNO5. The van der Waals surface area contributed by atoms with E-state index in [0.717, 1.165) is 25.1 Å². The van der Waals surface area contributed by atoms with Crippen LogP contribution < -0.4 is 14.2 Å². The molecule has 2 heterocycles. The zero-order valence-corrected chi connectivity index (χ0v) is 21.0. The Morgan fingerprint density at radius 2 is 1.82 bits per heavy atom. The van der Waals surface area contributed by atoms with E-state index in [1.807, 2.05) is 6.92 Å². The van der Waals surface area contributed by atoms with Crippen molar-refractivity contribution >= 4 is 23.2 Å². The minimum atomic E-state index is -1.62. The number of ether oxygens (including phenoxy) is 3. The second-order valence-electron chi connectivity index (χ2n) is 11.4. The Kier molecular flexibility index (Phi) is 4.89. The van der Waals surface area contributed by atoms with Crippen LogP contribution in [0.1, 0.15) is 63.7 Å². The molecule has 7 heteroatoms. The highest BCUT2D eigenvalue weighted by atomic mass is 35.5. The first kappa shape index (κ1) is 22.6. The van der Waals surface area contributed by atoms with Crippen molar-refractivity contribution in [1.29, 1.82) is 0 Å². The minimum Gasteiger partial charge on any atom is -0.496 e. The fourth-order valence-corrected chi connectivity index (χ4v) is 7.37. The third-order valence-corrected chi connectivity index (χ3v) is 8.43. The lowest BCUT2D eigenvalue weighted by atomic mass is 9.65. The number of ketones is 2. The van der Waals surface area contributed by atoms with Gasteiger partial charge >= 0.3 is 0 Å². The number of nitrogens with zero attached hydrogens (tertiary/aromatic N) is 1. The molecule has 2 aliphatic heterocycles. The molecule has 1 saturated heterocycles. The summed E-state index contributed by atoms with van der Waals surface area (Å²) < 4.78 is 16.9. The minimum absolute atomic E-state index is 0.168. The maximum atomic E-state index is 13.7. The van der Waals surface area contributed by atoms with Gasteiger partial charge < -0.3 is 19.1 Å². The van der Waals surface area contributed by atoms with Gasteiger partial charge in [0.2, 0.25) is 17.2 Å². The Bertz CT molecular complexity index is 1090. The molecule has 2 aliphatic carbocycles. The summed E-state index contributed by atoms with van der Waals surface area (Å²) in [6, 6.07) is 1.99. The molecule has 1 saturated carbocycles. The molecule has 5 rings (SSSR count). The van der Waals surface area contributed by atoms with Gasteiger partial charge in [0.25, 0.3) is 0 Å². The number of benzene rings is 1. The van der Waals surface area contributed by atoms with Crippen molar-refractivity contribution in [2.45, 2.75) is 65.0 Å². The maximum Gasteiger partial charge on any atom is 0.236 e. The van der Waals surface area contributed by atoms with Crippen LogP contribution in [0.15, 0.2) is 17.8 Å². The number of methoxy groups -OCH3 is 2. The van der Waals surface area contributed by atoms with E-state index in [0.29, 0.717) is 24.0 Å². The molecule has 0 radical (unpaired) electrons. The van der Waals surface area contributed by atoms with Gasteiger partial charge in [-0.3, -0.25) is 9.59 Å². The number of allylic oxidation sites excluding steroid dienone is 1. The van der Waals surface area contributed by atoms with Crippen molar-refractivity contribution in [2.75, 3.05) is 20.8 Å².